The largest absolute Gasteiger partial charge is 0.446 e. The zero-order valence-corrected chi connectivity index (χ0v) is 11.2. The fourth-order valence-corrected chi connectivity index (χ4v) is 2.88. The SMILES string of the molecule is CCCC(C)N(C)S(=O)(=O)c1ccc(CO)o1. The van der Waals surface area contributed by atoms with Gasteiger partial charge < -0.3 is 9.52 Å². The van der Waals surface area contributed by atoms with E-state index in [0.29, 0.717) is 0 Å². The molecule has 1 heterocycles. The molecule has 5 nitrogen and oxygen atoms in total. The lowest BCUT2D eigenvalue weighted by molar-refractivity contribution is 0.234. The molecule has 98 valence electrons. The van der Waals surface area contributed by atoms with E-state index < -0.39 is 10.0 Å². The predicted molar refractivity (Wildman–Crippen MR) is 63.9 cm³/mol. The van der Waals surface area contributed by atoms with Gasteiger partial charge in [-0.05, 0) is 25.5 Å². The third kappa shape index (κ3) is 3.08. The molecule has 0 amide bonds. The monoisotopic (exact) mass is 261 g/mol. The van der Waals surface area contributed by atoms with Crippen molar-refractivity contribution in [2.45, 2.75) is 44.4 Å². The van der Waals surface area contributed by atoms with Gasteiger partial charge in [-0.15, -0.1) is 0 Å². The van der Waals surface area contributed by atoms with Crippen LogP contribution in [0.25, 0.3) is 0 Å². The van der Waals surface area contributed by atoms with Crippen LogP contribution in [0.2, 0.25) is 0 Å². The molecule has 17 heavy (non-hydrogen) atoms. The van der Waals surface area contributed by atoms with E-state index in [9.17, 15) is 8.42 Å². The van der Waals surface area contributed by atoms with Crippen molar-refractivity contribution in [1.29, 1.82) is 0 Å². The summed E-state index contributed by atoms with van der Waals surface area (Å²) in [5.74, 6) is 0.250. The highest BCUT2D eigenvalue weighted by atomic mass is 32.2. The van der Waals surface area contributed by atoms with Gasteiger partial charge in [-0.2, -0.15) is 4.31 Å². The highest BCUT2D eigenvalue weighted by Crippen LogP contribution is 2.20. The molecule has 0 aliphatic heterocycles. The van der Waals surface area contributed by atoms with Gasteiger partial charge in [0.1, 0.15) is 12.4 Å². The molecule has 0 saturated heterocycles. The Bertz CT molecular complexity index is 452. The molecule has 0 aliphatic rings. The molecule has 0 bridgehead atoms. The molecule has 0 aromatic carbocycles. The van der Waals surface area contributed by atoms with Crippen molar-refractivity contribution in [1.82, 2.24) is 4.31 Å². The van der Waals surface area contributed by atoms with Crippen molar-refractivity contribution < 1.29 is 17.9 Å². The second-order valence-electron chi connectivity index (χ2n) is 4.04. The molecule has 1 atom stereocenters. The molecule has 0 spiro atoms. The first-order valence-corrected chi connectivity index (χ1v) is 7.05. The average molecular weight is 261 g/mol. The molecule has 1 aromatic rings. The molecular weight excluding hydrogens is 242 g/mol. The summed E-state index contributed by atoms with van der Waals surface area (Å²) in [6, 6.07) is 2.76. The smallest absolute Gasteiger partial charge is 0.276 e. The van der Waals surface area contributed by atoms with Gasteiger partial charge in [-0.25, -0.2) is 8.42 Å². The summed E-state index contributed by atoms with van der Waals surface area (Å²) in [5, 5.41) is 8.73. The van der Waals surface area contributed by atoms with E-state index in [1.165, 1.54) is 23.5 Å². The molecule has 6 heteroatoms. The number of sulfonamides is 1. The second kappa shape index (κ2) is 5.66. The Kier molecular flexibility index (Phi) is 4.73. The summed E-state index contributed by atoms with van der Waals surface area (Å²) in [5.41, 5.74) is 0. The molecule has 1 aromatic heterocycles. The summed E-state index contributed by atoms with van der Waals surface area (Å²) in [7, 11) is -2.06. The van der Waals surface area contributed by atoms with Crippen LogP contribution >= 0.6 is 0 Å². The standard InChI is InChI=1S/C11H19NO4S/c1-4-5-9(2)12(3)17(14,15)11-7-6-10(8-13)16-11/h6-7,9,13H,4-5,8H2,1-3H3. The minimum atomic E-state index is -3.59. The van der Waals surface area contributed by atoms with Crippen LogP contribution in [-0.2, 0) is 16.6 Å². The Hall–Kier alpha value is -0.850. The van der Waals surface area contributed by atoms with Gasteiger partial charge in [-0.1, -0.05) is 13.3 Å². The normalized spacial score (nSPS) is 14.2. The molecule has 0 fully saturated rings. The van der Waals surface area contributed by atoms with Crippen molar-refractivity contribution in [3.8, 4) is 0 Å². The summed E-state index contributed by atoms with van der Waals surface area (Å²) in [4.78, 5) is 0. The fraction of sp³-hybridized carbons (Fsp3) is 0.636. The maximum atomic E-state index is 12.1. The summed E-state index contributed by atoms with van der Waals surface area (Å²) in [6.07, 6.45) is 1.71. The summed E-state index contributed by atoms with van der Waals surface area (Å²) < 4.78 is 30.6. The van der Waals surface area contributed by atoms with E-state index in [-0.39, 0.29) is 23.5 Å². The van der Waals surface area contributed by atoms with Gasteiger partial charge in [0.05, 0.1) is 0 Å². The molecule has 1 N–H and O–H groups in total. The minimum absolute atomic E-state index is 0.0762. The molecule has 0 aliphatic carbocycles. The number of rotatable bonds is 6. The third-order valence-electron chi connectivity index (χ3n) is 2.75. The zero-order chi connectivity index (χ0) is 13.1. The first kappa shape index (κ1) is 14.2. The Labute approximate surface area is 102 Å². The van der Waals surface area contributed by atoms with Gasteiger partial charge in [-0.3, -0.25) is 0 Å². The van der Waals surface area contributed by atoms with E-state index in [4.69, 9.17) is 9.52 Å². The summed E-state index contributed by atoms with van der Waals surface area (Å²) >= 11 is 0. The highest BCUT2D eigenvalue weighted by molar-refractivity contribution is 7.89. The van der Waals surface area contributed by atoms with Gasteiger partial charge in [0.15, 0.2) is 0 Å². The van der Waals surface area contributed by atoms with Crippen LogP contribution in [0.5, 0.6) is 0 Å². The lowest BCUT2D eigenvalue weighted by Crippen LogP contribution is -2.34. The minimum Gasteiger partial charge on any atom is -0.446 e. The van der Waals surface area contributed by atoms with E-state index >= 15 is 0 Å². The van der Waals surface area contributed by atoms with Crippen LogP contribution in [0, 0.1) is 0 Å². The quantitative estimate of drug-likeness (QED) is 0.844. The number of hydrogen-bond acceptors (Lipinski definition) is 4. The maximum Gasteiger partial charge on any atom is 0.276 e. The molecule has 0 radical (unpaired) electrons. The first-order chi connectivity index (χ1) is 7.93. The second-order valence-corrected chi connectivity index (χ2v) is 5.97. The fourth-order valence-electron chi connectivity index (χ4n) is 1.56. The van der Waals surface area contributed by atoms with Crippen molar-refractivity contribution in [3.63, 3.8) is 0 Å². The van der Waals surface area contributed by atoms with E-state index in [1.54, 1.807) is 0 Å². The zero-order valence-electron chi connectivity index (χ0n) is 10.4. The molecule has 1 rings (SSSR count). The van der Waals surface area contributed by atoms with Gasteiger partial charge >= 0.3 is 0 Å². The Morgan fingerprint density at radius 3 is 2.59 bits per heavy atom. The van der Waals surface area contributed by atoms with Gasteiger partial charge in [0, 0.05) is 13.1 Å². The Balaban J connectivity index is 2.94. The lowest BCUT2D eigenvalue weighted by Gasteiger charge is -2.22. The van der Waals surface area contributed by atoms with Crippen molar-refractivity contribution >= 4 is 10.0 Å². The van der Waals surface area contributed by atoms with Crippen molar-refractivity contribution in [3.05, 3.63) is 17.9 Å². The number of nitrogens with zero attached hydrogens (tertiary/aromatic N) is 1. The number of furan rings is 1. The first-order valence-electron chi connectivity index (χ1n) is 5.61. The summed E-state index contributed by atoms with van der Waals surface area (Å²) in [6.45, 7) is 3.56. The highest BCUT2D eigenvalue weighted by Gasteiger charge is 2.27. The van der Waals surface area contributed by atoms with Crippen LogP contribution in [0.15, 0.2) is 21.6 Å². The Morgan fingerprint density at radius 1 is 1.47 bits per heavy atom. The average Bonchev–Trinajstić information content (AvgIpc) is 2.77. The van der Waals surface area contributed by atoms with E-state index in [0.717, 1.165) is 12.8 Å². The number of aliphatic hydroxyl groups excluding tert-OH is 1. The predicted octanol–water partition coefficient (Wildman–Crippen LogP) is 1.58. The van der Waals surface area contributed by atoms with Crippen molar-refractivity contribution in [2.24, 2.45) is 0 Å². The molecule has 1 unspecified atom stereocenters. The Morgan fingerprint density at radius 2 is 2.12 bits per heavy atom. The molecule has 0 saturated carbocycles. The third-order valence-corrected chi connectivity index (χ3v) is 4.60. The number of aliphatic hydroxyl groups is 1. The maximum absolute atomic E-state index is 12.1. The number of hydrogen-bond donors (Lipinski definition) is 1. The van der Waals surface area contributed by atoms with Crippen LogP contribution in [0.3, 0.4) is 0 Å². The van der Waals surface area contributed by atoms with E-state index in [2.05, 4.69) is 0 Å². The topological polar surface area (TPSA) is 70.8 Å². The van der Waals surface area contributed by atoms with Crippen LogP contribution in [-0.4, -0.2) is 30.9 Å². The lowest BCUT2D eigenvalue weighted by atomic mass is 10.2. The van der Waals surface area contributed by atoms with E-state index in [1.807, 2.05) is 13.8 Å². The molecular formula is C11H19NO4S. The van der Waals surface area contributed by atoms with Crippen LogP contribution < -0.4 is 0 Å². The van der Waals surface area contributed by atoms with Crippen molar-refractivity contribution in [2.75, 3.05) is 7.05 Å². The van der Waals surface area contributed by atoms with Crippen LogP contribution in [0.1, 0.15) is 32.4 Å². The van der Waals surface area contributed by atoms with Gasteiger partial charge in [0.25, 0.3) is 10.0 Å². The van der Waals surface area contributed by atoms with Gasteiger partial charge in [0.2, 0.25) is 5.09 Å². The van der Waals surface area contributed by atoms with Crippen LogP contribution in [0.4, 0.5) is 0 Å².